The lowest BCUT2D eigenvalue weighted by atomic mass is 9.95. The Bertz CT molecular complexity index is 926. The van der Waals surface area contributed by atoms with Gasteiger partial charge in [0.25, 0.3) is 0 Å². The van der Waals surface area contributed by atoms with E-state index in [0.29, 0.717) is 27.8 Å². The lowest BCUT2D eigenvalue weighted by molar-refractivity contribution is -0.163. The summed E-state index contributed by atoms with van der Waals surface area (Å²) in [5.41, 5.74) is 0.198. The molecule has 0 unspecified atom stereocenters. The van der Waals surface area contributed by atoms with Crippen LogP contribution in [0.3, 0.4) is 0 Å². The molecule has 1 aromatic heterocycles. The Morgan fingerprint density at radius 1 is 1.17 bits per heavy atom. The van der Waals surface area contributed by atoms with Gasteiger partial charge in [-0.1, -0.05) is 20.8 Å². The standard InChI is InChI=1S/C21H26F3NO4/c1-13-15-7-6-14(28-5)10-17(15)29-19(27)16(13)8-9-18(26)25(11-20(2,3)4)12-21(22,23)24/h6-7,10H,8-9,11-12H2,1-5H3. The van der Waals surface area contributed by atoms with Crippen molar-refractivity contribution in [3.63, 3.8) is 0 Å². The number of benzene rings is 1. The summed E-state index contributed by atoms with van der Waals surface area (Å²) in [4.78, 5) is 25.7. The van der Waals surface area contributed by atoms with Gasteiger partial charge in [-0.3, -0.25) is 4.79 Å². The zero-order chi connectivity index (χ0) is 22.0. The summed E-state index contributed by atoms with van der Waals surface area (Å²) in [6.45, 7) is 5.68. The minimum Gasteiger partial charge on any atom is -0.497 e. The van der Waals surface area contributed by atoms with Crippen LogP contribution in [0.15, 0.2) is 27.4 Å². The number of aryl methyl sites for hydroxylation is 1. The van der Waals surface area contributed by atoms with Crippen LogP contribution in [0.1, 0.15) is 38.3 Å². The number of rotatable bonds is 6. The van der Waals surface area contributed by atoms with Gasteiger partial charge < -0.3 is 14.1 Å². The van der Waals surface area contributed by atoms with E-state index in [4.69, 9.17) is 9.15 Å². The first-order valence-electron chi connectivity index (χ1n) is 9.25. The van der Waals surface area contributed by atoms with E-state index in [2.05, 4.69) is 0 Å². The Hall–Kier alpha value is -2.51. The zero-order valence-electron chi connectivity index (χ0n) is 17.3. The molecule has 0 aliphatic heterocycles. The summed E-state index contributed by atoms with van der Waals surface area (Å²) in [6.07, 6.45) is -4.69. The third-order valence-electron chi connectivity index (χ3n) is 4.47. The van der Waals surface area contributed by atoms with Gasteiger partial charge in [-0.2, -0.15) is 13.2 Å². The quantitative estimate of drug-likeness (QED) is 0.655. The number of hydrogen-bond donors (Lipinski definition) is 0. The van der Waals surface area contributed by atoms with Crippen molar-refractivity contribution in [2.75, 3.05) is 20.2 Å². The smallest absolute Gasteiger partial charge is 0.406 e. The molecule has 0 saturated carbocycles. The van der Waals surface area contributed by atoms with Gasteiger partial charge in [0.05, 0.1) is 7.11 Å². The SMILES string of the molecule is COc1ccc2c(C)c(CCC(=O)N(CC(C)(C)C)CC(F)(F)F)c(=O)oc2c1. The Morgan fingerprint density at radius 3 is 2.38 bits per heavy atom. The van der Waals surface area contributed by atoms with Crippen molar-refractivity contribution in [1.82, 2.24) is 4.90 Å². The van der Waals surface area contributed by atoms with Crippen molar-refractivity contribution in [3.05, 3.63) is 39.7 Å². The van der Waals surface area contributed by atoms with Crippen LogP contribution in [0, 0.1) is 12.3 Å². The van der Waals surface area contributed by atoms with Gasteiger partial charge in [-0.15, -0.1) is 0 Å². The maximum atomic E-state index is 12.9. The molecule has 1 heterocycles. The number of alkyl halides is 3. The van der Waals surface area contributed by atoms with E-state index in [1.807, 2.05) is 0 Å². The maximum Gasteiger partial charge on any atom is 0.406 e. The van der Waals surface area contributed by atoms with E-state index in [9.17, 15) is 22.8 Å². The highest BCUT2D eigenvalue weighted by molar-refractivity contribution is 5.82. The van der Waals surface area contributed by atoms with Crippen LogP contribution in [0.5, 0.6) is 5.75 Å². The highest BCUT2D eigenvalue weighted by Gasteiger charge is 2.34. The predicted molar refractivity (Wildman–Crippen MR) is 104 cm³/mol. The fourth-order valence-electron chi connectivity index (χ4n) is 3.20. The monoisotopic (exact) mass is 413 g/mol. The van der Waals surface area contributed by atoms with Crippen LogP contribution in [-0.4, -0.2) is 37.2 Å². The van der Waals surface area contributed by atoms with E-state index in [0.717, 1.165) is 4.90 Å². The van der Waals surface area contributed by atoms with Crippen molar-refractivity contribution in [3.8, 4) is 5.75 Å². The second-order valence-electron chi connectivity index (χ2n) is 8.28. The molecule has 0 atom stereocenters. The first kappa shape index (κ1) is 22.8. The summed E-state index contributed by atoms with van der Waals surface area (Å²) >= 11 is 0. The van der Waals surface area contributed by atoms with E-state index < -0.39 is 29.7 Å². The summed E-state index contributed by atoms with van der Waals surface area (Å²) in [6, 6.07) is 5.05. The Labute approximate surface area is 167 Å². The first-order valence-corrected chi connectivity index (χ1v) is 9.25. The van der Waals surface area contributed by atoms with Gasteiger partial charge in [0.1, 0.15) is 17.9 Å². The summed E-state index contributed by atoms with van der Waals surface area (Å²) in [7, 11) is 1.50. The highest BCUT2D eigenvalue weighted by Crippen LogP contribution is 2.25. The molecular weight excluding hydrogens is 387 g/mol. The molecule has 8 heteroatoms. The summed E-state index contributed by atoms with van der Waals surface area (Å²) in [5.74, 6) is -0.112. The van der Waals surface area contributed by atoms with Crippen molar-refractivity contribution in [1.29, 1.82) is 0 Å². The number of ether oxygens (including phenoxy) is 1. The molecule has 2 rings (SSSR count). The van der Waals surface area contributed by atoms with Crippen LogP contribution in [-0.2, 0) is 11.2 Å². The largest absolute Gasteiger partial charge is 0.497 e. The Kier molecular flexibility index (Phi) is 6.65. The number of methoxy groups -OCH3 is 1. The van der Waals surface area contributed by atoms with E-state index >= 15 is 0 Å². The fraction of sp³-hybridized carbons (Fsp3) is 0.524. The lowest BCUT2D eigenvalue weighted by Crippen LogP contribution is -2.43. The van der Waals surface area contributed by atoms with Crippen LogP contribution in [0.2, 0.25) is 0 Å². The molecule has 0 N–H and O–H groups in total. The highest BCUT2D eigenvalue weighted by atomic mass is 19.4. The topological polar surface area (TPSA) is 59.8 Å². The third kappa shape index (κ3) is 6.24. The van der Waals surface area contributed by atoms with Gasteiger partial charge in [0, 0.05) is 30.0 Å². The predicted octanol–water partition coefficient (Wildman–Crippen LogP) is 4.48. The van der Waals surface area contributed by atoms with Crippen molar-refractivity contribution < 1.29 is 27.1 Å². The van der Waals surface area contributed by atoms with Gasteiger partial charge in [-0.25, -0.2) is 4.79 Å². The number of hydrogen-bond acceptors (Lipinski definition) is 4. The van der Waals surface area contributed by atoms with Gasteiger partial charge in [0.2, 0.25) is 5.91 Å². The average Bonchev–Trinajstić information content (AvgIpc) is 2.57. The van der Waals surface area contributed by atoms with Crippen molar-refractivity contribution in [2.24, 2.45) is 5.41 Å². The van der Waals surface area contributed by atoms with Crippen LogP contribution in [0.25, 0.3) is 11.0 Å². The zero-order valence-corrected chi connectivity index (χ0v) is 17.3. The number of halogens is 3. The molecule has 0 fully saturated rings. The van der Waals surface area contributed by atoms with E-state index in [-0.39, 0.29) is 19.4 Å². The Balaban J connectivity index is 2.25. The fourth-order valence-corrected chi connectivity index (χ4v) is 3.20. The first-order chi connectivity index (χ1) is 13.3. The molecule has 0 aliphatic rings. The van der Waals surface area contributed by atoms with Gasteiger partial charge in [-0.05, 0) is 36.5 Å². The molecule has 0 aliphatic carbocycles. The molecule has 1 amide bonds. The van der Waals surface area contributed by atoms with Gasteiger partial charge >= 0.3 is 11.8 Å². The number of fused-ring (bicyclic) bond motifs is 1. The molecule has 5 nitrogen and oxygen atoms in total. The average molecular weight is 413 g/mol. The lowest BCUT2D eigenvalue weighted by Gasteiger charge is -2.30. The number of amides is 1. The normalized spacial score (nSPS) is 12.3. The summed E-state index contributed by atoms with van der Waals surface area (Å²) in [5, 5.41) is 0.690. The minimum atomic E-state index is -4.49. The van der Waals surface area contributed by atoms with Crippen molar-refractivity contribution >= 4 is 16.9 Å². The molecule has 0 saturated heterocycles. The third-order valence-corrected chi connectivity index (χ3v) is 4.47. The Morgan fingerprint density at radius 2 is 1.83 bits per heavy atom. The van der Waals surface area contributed by atoms with E-state index in [1.54, 1.807) is 45.9 Å². The molecule has 0 spiro atoms. The van der Waals surface area contributed by atoms with E-state index in [1.165, 1.54) is 7.11 Å². The number of carbonyl (C=O) groups is 1. The summed E-state index contributed by atoms with van der Waals surface area (Å²) < 4.78 is 49.1. The molecule has 0 bridgehead atoms. The van der Waals surface area contributed by atoms with Crippen LogP contribution in [0.4, 0.5) is 13.2 Å². The molecule has 0 radical (unpaired) electrons. The van der Waals surface area contributed by atoms with Crippen LogP contribution >= 0.6 is 0 Å². The second-order valence-corrected chi connectivity index (χ2v) is 8.28. The molecule has 1 aromatic carbocycles. The molecule has 160 valence electrons. The second kappa shape index (κ2) is 8.47. The number of carbonyl (C=O) groups excluding carboxylic acids is 1. The minimum absolute atomic E-state index is 0.00741. The van der Waals surface area contributed by atoms with Gasteiger partial charge in [0.15, 0.2) is 0 Å². The number of nitrogens with zero attached hydrogens (tertiary/aromatic N) is 1. The van der Waals surface area contributed by atoms with Crippen LogP contribution < -0.4 is 10.4 Å². The van der Waals surface area contributed by atoms with Crippen molar-refractivity contribution in [2.45, 2.75) is 46.7 Å². The maximum absolute atomic E-state index is 12.9. The molecule has 2 aromatic rings. The molecule has 29 heavy (non-hydrogen) atoms. The molecular formula is C21H26F3NO4.